The molecule has 4 nitrogen and oxygen atoms in total. The van der Waals surface area contributed by atoms with E-state index in [0.29, 0.717) is 5.69 Å². The number of rotatable bonds is 5. The van der Waals surface area contributed by atoms with E-state index in [1.165, 1.54) is 5.56 Å². The Bertz CT molecular complexity index is 476. The van der Waals surface area contributed by atoms with E-state index in [0.717, 1.165) is 13.0 Å². The minimum Gasteiger partial charge on any atom is -0.396 e. The summed E-state index contributed by atoms with van der Waals surface area (Å²) < 4.78 is 1.95. The molecule has 4 heteroatoms. The van der Waals surface area contributed by atoms with E-state index in [4.69, 9.17) is 5.73 Å². The maximum atomic E-state index is 5.76. The van der Waals surface area contributed by atoms with Gasteiger partial charge in [-0.3, -0.25) is 4.68 Å². The smallest absolute Gasteiger partial charge is 0.0781 e. The lowest BCUT2D eigenvalue weighted by atomic mass is 10.0. The van der Waals surface area contributed by atoms with Gasteiger partial charge in [0, 0.05) is 6.20 Å². The van der Waals surface area contributed by atoms with Gasteiger partial charge in [-0.15, -0.1) is 0 Å². The summed E-state index contributed by atoms with van der Waals surface area (Å²) in [6, 6.07) is 10.7. The average Bonchev–Trinajstić information content (AvgIpc) is 2.77. The van der Waals surface area contributed by atoms with Crippen molar-refractivity contribution >= 4 is 5.69 Å². The third kappa shape index (κ3) is 3.11. The third-order valence-corrected chi connectivity index (χ3v) is 2.97. The van der Waals surface area contributed by atoms with Crippen LogP contribution >= 0.6 is 0 Å². The lowest BCUT2D eigenvalue weighted by Crippen LogP contribution is -2.20. The summed E-state index contributed by atoms with van der Waals surface area (Å²) in [5, 5.41) is 4.34. The molecule has 0 amide bonds. The Balaban J connectivity index is 2.23. The van der Waals surface area contributed by atoms with Gasteiger partial charge in [0.25, 0.3) is 0 Å². The van der Waals surface area contributed by atoms with Crippen molar-refractivity contribution in [3.63, 3.8) is 0 Å². The summed E-state index contributed by atoms with van der Waals surface area (Å²) in [6.45, 7) is 1.01. The number of hydrogen-bond acceptors (Lipinski definition) is 3. The van der Waals surface area contributed by atoms with Crippen LogP contribution in [0, 0.1) is 0 Å². The SMILES string of the molecule is CN(C)CC[C@H](c1ccccc1)n1cc(N)cn1. The van der Waals surface area contributed by atoms with Gasteiger partial charge in [-0.25, -0.2) is 0 Å². The van der Waals surface area contributed by atoms with Crippen molar-refractivity contribution < 1.29 is 0 Å². The number of nitrogens with zero attached hydrogens (tertiary/aromatic N) is 3. The van der Waals surface area contributed by atoms with Gasteiger partial charge < -0.3 is 10.6 Å². The number of nitrogens with two attached hydrogens (primary N) is 1. The molecular weight excluding hydrogens is 224 g/mol. The topological polar surface area (TPSA) is 47.1 Å². The molecule has 18 heavy (non-hydrogen) atoms. The standard InChI is InChI=1S/C14H20N4/c1-17(2)9-8-14(12-6-4-3-5-7-12)18-11-13(15)10-16-18/h3-7,10-11,14H,8-9,15H2,1-2H3/t14-/m1/s1. The van der Waals surface area contributed by atoms with Crippen LogP contribution in [0.15, 0.2) is 42.7 Å². The fourth-order valence-corrected chi connectivity index (χ4v) is 2.03. The Morgan fingerprint density at radius 2 is 2.00 bits per heavy atom. The van der Waals surface area contributed by atoms with Gasteiger partial charge in [-0.1, -0.05) is 30.3 Å². The van der Waals surface area contributed by atoms with Gasteiger partial charge in [0.2, 0.25) is 0 Å². The first-order chi connectivity index (χ1) is 8.66. The lowest BCUT2D eigenvalue weighted by molar-refractivity contribution is 0.357. The first-order valence-electron chi connectivity index (χ1n) is 6.16. The molecule has 0 bridgehead atoms. The van der Waals surface area contributed by atoms with Crippen LogP contribution in [0.4, 0.5) is 5.69 Å². The summed E-state index contributed by atoms with van der Waals surface area (Å²) in [5.41, 5.74) is 7.73. The zero-order valence-electron chi connectivity index (χ0n) is 11.0. The Labute approximate surface area is 108 Å². The Morgan fingerprint density at radius 1 is 1.28 bits per heavy atom. The zero-order chi connectivity index (χ0) is 13.0. The second-order valence-electron chi connectivity index (χ2n) is 4.77. The minimum atomic E-state index is 0.242. The van der Waals surface area contributed by atoms with Gasteiger partial charge in [0.05, 0.1) is 17.9 Å². The van der Waals surface area contributed by atoms with Crippen molar-refractivity contribution in [2.24, 2.45) is 0 Å². The quantitative estimate of drug-likeness (QED) is 0.875. The molecule has 2 aromatic rings. The van der Waals surface area contributed by atoms with Crippen molar-refractivity contribution in [1.82, 2.24) is 14.7 Å². The van der Waals surface area contributed by atoms with E-state index in [9.17, 15) is 0 Å². The highest BCUT2D eigenvalue weighted by atomic mass is 15.3. The molecule has 0 fully saturated rings. The van der Waals surface area contributed by atoms with Crippen LogP contribution in [0.3, 0.4) is 0 Å². The maximum Gasteiger partial charge on any atom is 0.0781 e. The molecule has 96 valence electrons. The normalized spacial score (nSPS) is 12.8. The average molecular weight is 244 g/mol. The molecule has 0 aliphatic rings. The van der Waals surface area contributed by atoms with Gasteiger partial charge >= 0.3 is 0 Å². The molecule has 0 spiro atoms. The first kappa shape index (κ1) is 12.6. The molecule has 1 atom stereocenters. The second-order valence-corrected chi connectivity index (χ2v) is 4.77. The summed E-state index contributed by atoms with van der Waals surface area (Å²) in [6.07, 6.45) is 4.61. The number of benzene rings is 1. The van der Waals surface area contributed by atoms with Gasteiger partial charge in [0.1, 0.15) is 0 Å². The molecule has 0 aliphatic heterocycles. The summed E-state index contributed by atoms with van der Waals surface area (Å²) >= 11 is 0. The Morgan fingerprint density at radius 3 is 2.56 bits per heavy atom. The molecular formula is C14H20N4. The van der Waals surface area contributed by atoms with Crippen molar-refractivity contribution in [2.45, 2.75) is 12.5 Å². The lowest BCUT2D eigenvalue weighted by Gasteiger charge is -2.20. The van der Waals surface area contributed by atoms with Crippen LogP contribution in [0.5, 0.6) is 0 Å². The van der Waals surface area contributed by atoms with Crippen LogP contribution in [0.2, 0.25) is 0 Å². The van der Waals surface area contributed by atoms with Crippen LogP contribution in [0.25, 0.3) is 0 Å². The van der Waals surface area contributed by atoms with E-state index in [1.807, 2.05) is 16.9 Å². The molecule has 0 aliphatic carbocycles. The predicted molar refractivity (Wildman–Crippen MR) is 74.4 cm³/mol. The molecule has 0 unspecified atom stereocenters. The largest absolute Gasteiger partial charge is 0.396 e. The molecule has 0 saturated heterocycles. The summed E-state index contributed by atoms with van der Waals surface area (Å²) in [7, 11) is 4.17. The second kappa shape index (κ2) is 5.69. The van der Waals surface area contributed by atoms with E-state index in [-0.39, 0.29) is 6.04 Å². The van der Waals surface area contributed by atoms with Crippen molar-refractivity contribution in [1.29, 1.82) is 0 Å². The highest BCUT2D eigenvalue weighted by Crippen LogP contribution is 2.22. The number of anilines is 1. The highest BCUT2D eigenvalue weighted by Gasteiger charge is 2.14. The molecule has 0 saturated carbocycles. The van der Waals surface area contributed by atoms with Crippen LogP contribution in [-0.2, 0) is 0 Å². The Hall–Kier alpha value is -1.81. The minimum absolute atomic E-state index is 0.242. The fraction of sp³-hybridized carbons (Fsp3) is 0.357. The highest BCUT2D eigenvalue weighted by molar-refractivity contribution is 5.31. The van der Waals surface area contributed by atoms with Gasteiger partial charge in [0.15, 0.2) is 0 Å². The number of aromatic nitrogens is 2. The van der Waals surface area contributed by atoms with Crippen LogP contribution in [-0.4, -0.2) is 35.3 Å². The maximum absolute atomic E-state index is 5.76. The molecule has 0 radical (unpaired) electrons. The number of nitrogen functional groups attached to an aromatic ring is 1. The summed E-state index contributed by atoms with van der Waals surface area (Å²) in [5.74, 6) is 0. The molecule has 2 N–H and O–H groups in total. The van der Waals surface area contributed by atoms with Crippen molar-refractivity contribution in [2.75, 3.05) is 26.4 Å². The Kier molecular flexibility index (Phi) is 3.99. The zero-order valence-corrected chi connectivity index (χ0v) is 11.0. The van der Waals surface area contributed by atoms with Crippen LogP contribution < -0.4 is 5.73 Å². The van der Waals surface area contributed by atoms with Crippen molar-refractivity contribution in [3.8, 4) is 0 Å². The molecule has 1 aromatic heterocycles. The van der Waals surface area contributed by atoms with E-state index in [2.05, 4.69) is 48.4 Å². The fourth-order valence-electron chi connectivity index (χ4n) is 2.03. The number of hydrogen-bond donors (Lipinski definition) is 1. The molecule has 2 rings (SSSR count). The van der Waals surface area contributed by atoms with Gasteiger partial charge in [-0.05, 0) is 32.6 Å². The third-order valence-electron chi connectivity index (χ3n) is 2.97. The predicted octanol–water partition coefficient (Wildman–Crippen LogP) is 2.01. The van der Waals surface area contributed by atoms with Gasteiger partial charge in [-0.2, -0.15) is 5.10 Å². The monoisotopic (exact) mass is 244 g/mol. The van der Waals surface area contributed by atoms with E-state index < -0.39 is 0 Å². The van der Waals surface area contributed by atoms with E-state index >= 15 is 0 Å². The summed E-state index contributed by atoms with van der Waals surface area (Å²) in [4.78, 5) is 2.18. The van der Waals surface area contributed by atoms with E-state index in [1.54, 1.807) is 6.20 Å². The molecule has 1 aromatic carbocycles. The molecule has 1 heterocycles. The van der Waals surface area contributed by atoms with Crippen molar-refractivity contribution in [3.05, 3.63) is 48.3 Å². The first-order valence-corrected chi connectivity index (χ1v) is 6.16. The van der Waals surface area contributed by atoms with Crippen LogP contribution in [0.1, 0.15) is 18.0 Å².